The Kier molecular flexibility index (Phi) is 3.76. The first-order valence-corrected chi connectivity index (χ1v) is 8.73. The van der Waals surface area contributed by atoms with Gasteiger partial charge in [0, 0.05) is 18.0 Å². The van der Waals surface area contributed by atoms with Crippen LogP contribution >= 0.6 is 11.6 Å². The number of alkyl halides is 2. The molecule has 0 N–H and O–H groups in total. The first-order valence-electron chi connectivity index (χ1n) is 6.54. The maximum Gasteiger partial charge on any atom is 0.387 e. The van der Waals surface area contributed by atoms with E-state index < -0.39 is 22.5 Å². The van der Waals surface area contributed by atoms with Gasteiger partial charge >= 0.3 is 6.61 Å². The van der Waals surface area contributed by atoms with Crippen LogP contribution in [0.25, 0.3) is 0 Å². The standard InChI is InChI=1S/C13H12ClF2NO4S/c14-9-4-8(1-2-11(9)21-13(15)16)17-10-6-22(19,20)5-7(10)3-12(17)18/h1-2,4,7,10,13H,3,5-6H2. The molecule has 9 heteroatoms. The van der Waals surface area contributed by atoms with Gasteiger partial charge in [-0.3, -0.25) is 4.79 Å². The SMILES string of the molecule is O=C1CC2CS(=O)(=O)CC2N1c1ccc(OC(F)F)c(Cl)c1. The van der Waals surface area contributed by atoms with E-state index >= 15 is 0 Å². The van der Waals surface area contributed by atoms with Gasteiger partial charge in [-0.05, 0) is 18.2 Å². The highest BCUT2D eigenvalue weighted by atomic mass is 35.5. The predicted molar refractivity (Wildman–Crippen MR) is 76.1 cm³/mol. The molecule has 1 aromatic rings. The fourth-order valence-corrected chi connectivity index (χ4v) is 5.35. The van der Waals surface area contributed by atoms with Crippen molar-refractivity contribution in [3.63, 3.8) is 0 Å². The molecule has 0 aromatic heterocycles. The van der Waals surface area contributed by atoms with E-state index in [-0.39, 0.29) is 40.5 Å². The largest absolute Gasteiger partial charge is 0.433 e. The second-order valence-electron chi connectivity index (χ2n) is 5.37. The van der Waals surface area contributed by atoms with Crippen molar-refractivity contribution in [2.24, 2.45) is 5.92 Å². The topological polar surface area (TPSA) is 63.7 Å². The molecule has 2 saturated heterocycles. The smallest absolute Gasteiger partial charge is 0.387 e. The summed E-state index contributed by atoms with van der Waals surface area (Å²) in [5, 5.41) is -0.0603. The third-order valence-electron chi connectivity index (χ3n) is 3.88. The van der Waals surface area contributed by atoms with Crippen molar-refractivity contribution in [1.29, 1.82) is 0 Å². The number of sulfone groups is 1. The highest BCUT2D eigenvalue weighted by molar-refractivity contribution is 7.91. The van der Waals surface area contributed by atoms with Gasteiger partial charge in [0.1, 0.15) is 5.75 Å². The number of halogens is 3. The van der Waals surface area contributed by atoms with Gasteiger partial charge in [0.05, 0.1) is 22.6 Å². The minimum atomic E-state index is -3.15. The van der Waals surface area contributed by atoms with E-state index in [0.29, 0.717) is 5.69 Å². The summed E-state index contributed by atoms with van der Waals surface area (Å²) in [7, 11) is -3.15. The number of carbonyl (C=O) groups excluding carboxylic acids is 1. The zero-order valence-corrected chi connectivity index (χ0v) is 12.8. The van der Waals surface area contributed by atoms with Crippen LogP contribution < -0.4 is 9.64 Å². The van der Waals surface area contributed by atoms with Gasteiger partial charge in [0.2, 0.25) is 5.91 Å². The van der Waals surface area contributed by atoms with Crippen molar-refractivity contribution in [1.82, 2.24) is 0 Å². The Morgan fingerprint density at radius 1 is 1.32 bits per heavy atom. The van der Waals surface area contributed by atoms with Crippen LogP contribution in [0, 0.1) is 5.92 Å². The first-order chi connectivity index (χ1) is 10.3. The van der Waals surface area contributed by atoms with Crippen LogP contribution in [0.2, 0.25) is 5.02 Å². The molecule has 2 aliphatic rings. The van der Waals surface area contributed by atoms with Gasteiger partial charge in [0.25, 0.3) is 0 Å². The van der Waals surface area contributed by atoms with Crippen molar-refractivity contribution >= 4 is 33.0 Å². The molecule has 1 amide bonds. The summed E-state index contributed by atoms with van der Waals surface area (Å²) in [6, 6.07) is 3.59. The van der Waals surface area contributed by atoms with Crippen molar-refractivity contribution in [3.05, 3.63) is 23.2 Å². The van der Waals surface area contributed by atoms with Gasteiger partial charge < -0.3 is 9.64 Å². The van der Waals surface area contributed by atoms with Crippen LogP contribution in [0.4, 0.5) is 14.5 Å². The highest BCUT2D eigenvalue weighted by Gasteiger charge is 2.49. The molecule has 120 valence electrons. The summed E-state index contributed by atoms with van der Waals surface area (Å²) in [4.78, 5) is 13.5. The average molecular weight is 352 g/mol. The second-order valence-corrected chi connectivity index (χ2v) is 7.93. The molecule has 3 rings (SSSR count). The zero-order valence-electron chi connectivity index (χ0n) is 11.2. The Morgan fingerprint density at radius 3 is 2.68 bits per heavy atom. The fourth-order valence-electron chi connectivity index (χ4n) is 3.06. The lowest BCUT2D eigenvalue weighted by molar-refractivity contribution is -0.117. The number of anilines is 1. The third-order valence-corrected chi connectivity index (χ3v) is 5.96. The van der Waals surface area contributed by atoms with Crippen LogP contribution in [0.3, 0.4) is 0 Å². The molecular weight excluding hydrogens is 340 g/mol. The number of carbonyl (C=O) groups is 1. The van der Waals surface area contributed by atoms with Crippen LogP contribution in [0.15, 0.2) is 18.2 Å². The van der Waals surface area contributed by atoms with Gasteiger partial charge in [-0.2, -0.15) is 8.78 Å². The molecule has 2 unspecified atom stereocenters. The number of ether oxygens (including phenoxy) is 1. The van der Waals surface area contributed by atoms with Crippen LogP contribution in [-0.2, 0) is 14.6 Å². The molecule has 2 fully saturated rings. The fraction of sp³-hybridized carbons (Fsp3) is 0.462. The van der Waals surface area contributed by atoms with E-state index in [2.05, 4.69) is 4.74 Å². The van der Waals surface area contributed by atoms with Crippen LogP contribution in [0.1, 0.15) is 6.42 Å². The third kappa shape index (κ3) is 2.77. The van der Waals surface area contributed by atoms with E-state index in [9.17, 15) is 22.0 Å². The molecule has 0 bridgehead atoms. The molecule has 0 aliphatic carbocycles. The summed E-state index contributed by atoms with van der Waals surface area (Å²) < 4.78 is 52.1. The monoisotopic (exact) mass is 351 g/mol. The molecule has 0 radical (unpaired) electrons. The molecule has 1 aromatic carbocycles. The number of fused-ring (bicyclic) bond motifs is 1. The lowest BCUT2D eigenvalue weighted by Crippen LogP contribution is -2.36. The Bertz CT molecular complexity index is 725. The molecular formula is C13H12ClF2NO4S. The molecule has 2 atom stereocenters. The Hall–Kier alpha value is -1.41. The van der Waals surface area contributed by atoms with Crippen LogP contribution in [-0.4, -0.2) is 38.5 Å². The maximum atomic E-state index is 12.2. The summed E-state index contributed by atoms with van der Waals surface area (Å²) in [6.07, 6.45) is 0.163. The molecule has 22 heavy (non-hydrogen) atoms. The van der Waals surface area contributed by atoms with E-state index in [1.807, 2.05) is 0 Å². The summed E-state index contributed by atoms with van der Waals surface area (Å²) in [6.45, 7) is -3.00. The Morgan fingerprint density at radius 2 is 2.05 bits per heavy atom. The Balaban J connectivity index is 1.90. The first kappa shape index (κ1) is 15.5. The van der Waals surface area contributed by atoms with Gasteiger partial charge in [-0.25, -0.2) is 8.42 Å². The molecule has 5 nitrogen and oxygen atoms in total. The van der Waals surface area contributed by atoms with Crippen molar-refractivity contribution in [3.8, 4) is 5.75 Å². The van der Waals surface area contributed by atoms with Crippen molar-refractivity contribution in [2.45, 2.75) is 19.1 Å². The second kappa shape index (κ2) is 5.34. The van der Waals surface area contributed by atoms with Gasteiger partial charge in [0.15, 0.2) is 9.84 Å². The lowest BCUT2D eigenvalue weighted by atomic mass is 10.0. The number of rotatable bonds is 3. The highest BCUT2D eigenvalue weighted by Crippen LogP contribution is 2.39. The summed E-state index contributed by atoms with van der Waals surface area (Å²) in [5.74, 6) is -0.698. The van der Waals surface area contributed by atoms with Gasteiger partial charge in [-0.1, -0.05) is 11.6 Å². The molecule has 0 spiro atoms. The average Bonchev–Trinajstić information content (AvgIpc) is 2.81. The van der Waals surface area contributed by atoms with E-state index in [0.717, 1.165) is 0 Å². The molecule has 2 aliphatic heterocycles. The zero-order chi connectivity index (χ0) is 16.1. The normalized spacial score (nSPS) is 26.5. The number of hydrogen-bond acceptors (Lipinski definition) is 4. The molecule has 0 saturated carbocycles. The van der Waals surface area contributed by atoms with E-state index in [1.54, 1.807) is 0 Å². The minimum absolute atomic E-state index is 0.000214. The van der Waals surface area contributed by atoms with Gasteiger partial charge in [-0.15, -0.1) is 0 Å². The van der Waals surface area contributed by atoms with Crippen LogP contribution in [0.5, 0.6) is 5.75 Å². The number of hydrogen-bond donors (Lipinski definition) is 0. The van der Waals surface area contributed by atoms with Crippen molar-refractivity contribution < 1.29 is 26.7 Å². The number of amides is 1. The lowest BCUT2D eigenvalue weighted by Gasteiger charge is -2.24. The summed E-state index contributed by atoms with van der Waals surface area (Å²) in [5.41, 5.74) is 0.390. The Labute approximate surface area is 130 Å². The number of nitrogens with zero attached hydrogens (tertiary/aromatic N) is 1. The molecule has 2 heterocycles. The summed E-state index contributed by atoms with van der Waals surface area (Å²) >= 11 is 5.88. The van der Waals surface area contributed by atoms with E-state index in [4.69, 9.17) is 11.6 Å². The maximum absolute atomic E-state index is 12.2. The van der Waals surface area contributed by atoms with E-state index in [1.165, 1.54) is 23.1 Å². The van der Waals surface area contributed by atoms with Crippen molar-refractivity contribution in [2.75, 3.05) is 16.4 Å². The quantitative estimate of drug-likeness (QED) is 0.836. The predicted octanol–water partition coefficient (Wildman–Crippen LogP) is 2.09. The number of benzene rings is 1. The minimum Gasteiger partial charge on any atom is -0.433 e.